The average molecular weight is 340 g/mol. The minimum atomic E-state index is -0.508. The highest BCUT2D eigenvalue weighted by atomic mass is 16.6. The summed E-state index contributed by atoms with van der Waals surface area (Å²) in [6, 6.07) is 0. The van der Waals surface area contributed by atoms with E-state index in [0.29, 0.717) is 32.6 Å². The van der Waals surface area contributed by atoms with Crippen LogP contribution in [0.15, 0.2) is 0 Å². The van der Waals surface area contributed by atoms with Crippen LogP contribution in [0.2, 0.25) is 0 Å². The SMILES string of the molecule is CC(=O)OC1CC12CNCC1(CCCN(C(=O)OC(C)(C)C)C1)O2. The summed E-state index contributed by atoms with van der Waals surface area (Å²) in [6.45, 7) is 9.58. The maximum Gasteiger partial charge on any atom is 0.410 e. The van der Waals surface area contributed by atoms with E-state index in [0.717, 1.165) is 12.8 Å². The van der Waals surface area contributed by atoms with Crippen LogP contribution in [0.5, 0.6) is 0 Å². The fourth-order valence-electron chi connectivity index (χ4n) is 3.71. The Labute approximate surface area is 143 Å². The van der Waals surface area contributed by atoms with Crippen molar-refractivity contribution in [2.75, 3.05) is 26.2 Å². The zero-order chi connectivity index (χ0) is 17.6. The normalized spacial score (nSPS) is 35.8. The number of morpholine rings is 1. The highest BCUT2D eigenvalue weighted by molar-refractivity contribution is 5.68. The third-order valence-corrected chi connectivity index (χ3v) is 4.75. The Balaban J connectivity index is 1.65. The number of carbonyl (C=O) groups is 2. The lowest BCUT2D eigenvalue weighted by Crippen LogP contribution is -2.63. The molecule has 0 radical (unpaired) electrons. The lowest BCUT2D eigenvalue weighted by Gasteiger charge is -2.47. The van der Waals surface area contributed by atoms with Gasteiger partial charge in [-0.1, -0.05) is 0 Å². The van der Waals surface area contributed by atoms with E-state index in [4.69, 9.17) is 14.2 Å². The predicted octanol–water partition coefficient (Wildman–Crippen LogP) is 1.45. The van der Waals surface area contributed by atoms with E-state index in [1.165, 1.54) is 6.92 Å². The van der Waals surface area contributed by atoms with Gasteiger partial charge in [-0.3, -0.25) is 4.79 Å². The maximum absolute atomic E-state index is 12.4. The Morgan fingerprint density at radius 2 is 2.04 bits per heavy atom. The van der Waals surface area contributed by atoms with Crippen LogP contribution in [0, 0.1) is 0 Å². The molecule has 2 heterocycles. The van der Waals surface area contributed by atoms with Crippen LogP contribution in [-0.4, -0.2) is 66.0 Å². The van der Waals surface area contributed by atoms with E-state index < -0.39 is 16.8 Å². The number of esters is 1. The predicted molar refractivity (Wildman–Crippen MR) is 86.6 cm³/mol. The third-order valence-electron chi connectivity index (χ3n) is 4.75. The minimum absolute atomic E-state index is 0.184. The lowest BCUT2D eigenvalue weighted by molar-refractivity contribution is -0.176. The van der Waals surface area contributed by atoms with E-state index in [1.807, 2.05) is 20.8 Å². The number of carbonyl (C=O) groups excluding carboxylic acids is 2. The summed E-state index contributed by atoms with van der Waals surface area (Å²) in [5, 5.41) is 3.41. The molecule has 24 heavy (non-hydrogen) atoms. The monoisotopic (exact) mass is 340 g/mol. The van der Waals surface area contributed by atoms with Gasteiger partial charge >= 0.3 is 12.1 Å². The minimum Gasteiger partial charge on any atom is -0.459 e. The Kier molecular flexibility index (Phi) is 4.28. The molecule has 2 spiro atoms. The molecule has 0 bridgehead atoms. The molecule has 136 valence electrons. The van der Waals surface area contributed by atoms with Gasteiger partial charge in [-0.25, -0.2) is 4.79 Å². The number of rotatable bonds is 1. The van der Waals surface area contributed by atoms with Gasteiger partial charge in [0.1, 0.15) is 17.3 Å². The molecule has 2 aliphatic heterocycles. The fraction of sp³-hybridized carbons (Fsp3) is 0.882. The van der Waals surface area contributed by atoms with Crippen LogP contribution >= 0.6 is 0 Å². The number of likely N-dealkylation sites (tertiary alicyclic amines) is 1. The molecule has 0 aromatic heterocycles. The van der Waals surface area contributed by atoms with Crippen molar-refractivity contribution >= 4 is 12.1 Å². The van der Waals surface area contributed by atoms with Crippen molar-refractivity contribution in [1.29, 1.82) is 0 Å². The van der Waals surface area contributed by atoms with Crippen LogP contribution in [0.1, 0.15) is 47.0 Å². The number of piperidine rings is 1. The van der Waals surface area contributed by atoms with E-state index in [-0.39, 0.29) is 18.2 Å². The highest BCUT2D eigenvalue weighted by Gasteiger charge is 2.64. The van der Waals surface area contributed by atoms with E-state index in [9.17, 15) is 9.59 Å². The zero-order valence-electron chi connectivity index (χ0n) is 15.0. The summed E-state index contributed by atoms with van der Waals surface area (Å²) >= 11 is 0. The molecular weight excluding hydrogens is 312 g/mol. The molecule has 3 fully saturated rings. The summed E-state index contributed by atoms with van der Waals surface area (Å²) in [6.07, 6.45) is 1.99. The van der Waals surface area contributed by atoms with Gasteiger partial charge < -0.3 is 24.4 Å². The summed E-state index contributed by atoms with van der Waals surface area (Å²) in [7, 11) is 0. The molecule has 2 saturated heterocycles. The molecular formula is C17H28N2O5. The molecule has 7 nitrogen and oxygen atoms in total. The van der Waals surface area contributed by atoms with Gasteiger partial charge in [0, 0.05) is 33.0 Å². The highest BCUT2D eigenvalue weighted by Crippen LogP contribution is 2.48. The van der Waals surface area contributed by atoms with Crippen molar-refractivity contribution in [1.82, 2.24) is 10.2 Å². The quantitative estimate of drug-likeness (QED) is 0.728. The number of ether oxygens (including phenoxy) is 3. The van der Waals surface area contributed by atoms with Crippen molar-refractivity contribution in [2.24, 2.45) is 0 Å². The van der Waals surface area contributed by atoms with Crippen molar-refractivity contribution in [3.8, 4) is 0 Å². The fourth-order valence-corrected chi connectivity index (χ4v) is 3.71. The first-order chi connectivity index (χ1) is 11.1. The molecule has 0 aromatic carbocycles. The van der Waals surface area contributed by atoms with Crippen LogP contribution in [0.4, 0.5) is 4.79 Å². The van der Waals surface area contributed by atoms with Gasteiger partial charge in [-0.2, -0.15) is 0 Å². The molecule has 1 N–H and O–H groups in total. The second-order valence-corrected chi connectivity index (χ2v) is 8.26. The maximum atomic E-state index is 12.4. The van der Waals surface area contributed by atoms with Crippen molar-refractivity contribution in [2.45, 2.75) is 69.9 Å². The second kappa shape index (κ2) is 5.88. The molecule has 0 aromatic rings. The Morgan fingerprint density at radius 1 is 1.29 bits per heavy atom. The smallest absolute Gasteiger partial charge is 0.410 e. The van der Waals surface area contributed by atoms with E-state index in [1.54, 1.807) is 4.90 Å². The van der Waals surface area contributed by atoms with Crippen LogP contribution in [0.25, 0.3) is 0 Å². The van der Waals surface area contributed by atoms with Gasteiger partial charge in [0.2, 0.25) is 0 Å². The van der Waals surface area contributed by atoms with Crippen LogP contribution in [0.3, 0.4) is 0 Å². The van der Waals surface area contributed by atoms with Crippen molar-refractivity contribution in [3.63, 3.8) is 0 Å². The number of amides is 1. The summed E-state index contributed by atoms with van der Waals surface area (Å²) < 4.78 is 17.3. The lowest BCUT2D eigenvalue weighted by atomic mass is 9.90. The van der Waals surface area contributed by atoms with Gasteiger partial charge in [0.15, 0.2) is 0 Å². The molecule has 1 aliphatic carbocycles. The molecule has 3 atom stereocenters. The topological polar surface area (TPSA) is 77.1 Å². The molecule has 1 saturated carbocycles. The molecule has 7 heteroatoms. The summed E-state index contributed by atoms with van der Waals surface area (Å²) in [4.78, 5) is 25.3. The Hall–Kier alpha value is -1.34. The third kappa shape index (κ3) is 3.67. The first-order valence-corrected chi connectivity index (χ1v) is 8.69. The van der Waals surface area contributed by atoms with E-state index in [2.05, 4.69) is 5.32 Å². The number of hydrogen-bond acceptors (Lipinski definition) is 6. The zero-order valence-corrected chi connectivity index (χ0v) is 15.0. The number of hydrogen-bond donors (Lipinski definition) is 1. The molecule has 3 unspecified atom stereocenters. The van der Waals surface area contributed by atoms with Gasteiger partial charge in [0.05, 0.1) is 12.1 Å². The second-order valence-electron chi connectivity index (χ2n) is 8.26. The number of nitrogens with one attached hydrogen (secondary N) is 1. The van der Waals surface area contributed by atoms with Gasteiger partial charge in [-0.15, -0.1) is 0 Å². The van der Waals surface area contributed by atoms with Gasteiger partial charge in [-0.05, 0) is 33.6 Å². The standard InChI is InChI=1S/C17H28N2O5/c1-12(20)22-13-8-17(13)10-18-9-16(24-17)6-5-7-19(11-16)14(21)23-15(2,3)4/h13,18H,5-11H2,1-4H3. The average Bonchev–Trinajstić information content (AvgIpc) is 3.06. The van der Waals surface area contributed by atoms with Crippen LogP contribution < -0.4 is 5.32 Å². The van der Waals surface area contributed by atoms with Crippen LogP contribution in [-0.2, 0) is 19.0 Å². The summed E-state index contributed by atoms with van der Waals surface area (Å²) in [5.41, 5.74) is -1.37. The molecule has 3 rings (SSSR count). The van der Waals surface area contributed by atoms with Crippen molar-refractivity contribution in [3.05, 3.63) is 0 Å². The number of nitrogens with zero attached hydrogens (tertiary/aromatic N) is 1. The Bertz CT molecular complexity index is 528. The summed E-state index contributed by atoms with van der Waals surface area (Å²) in [5.74, 6) is -0.279. The first kappa shape index (κ1) is 17.5. The molecule has 3 aliphatic rings. The molecule has 1 amide bonds. The first-order valence-electron chi connectivity index (χ1n) is 8.69. The van der Waals surface area contributed by atoms with Crippen molar-refractivity contribution < 1.29 is 23.8 Å². The Morgan fingerprint density at radius 3 is 2.71 bits per heavy atom. The largest absolute Gasteiger partial charge is 0.459 e. The van der Waals surface area contributed by atoms with Gasteiger partial charge in [0.25, 0.3) is 0 Å². The van der Waals surface area contributed by atoms with E-state index >= 15 is 0 Å².